The van der Waals surface area contributed by atoms with Crippen LogP contribution in [0.5, 0.6) is 0 Å². The number of nitrogens with zero attached hydrogens (tertiary/aromatic N) is 4. The third-order valence-corrected chi connectivity index (χ3v) is 8.97. The summed E-state index contributed by atoms with van der Waals surface area (Å²) in [6, 6.07) is 6.78. The first-order valence-electron chi connectivity index (χ1n) is 13.2. The second-order valence-corrected chi connectivity index (χ2v) is 12.5. The van der Waals surface area contributed by atoms with Gasteiger partial charge in [-0.25, -0.2) is 13.4 Å². The Bertz CT molecular complexity index is 1290. The molecule has 1 aromatic carbocycles. The lowest BCUT2D eigenvalue weighted by Crippen LogP contribution is -2.44. The van der Waals surface area contributed by atoms with Crippen LogP contribution in [0.3, 0.4) is 0 Å². The maximum absolute atomic E-state index is 13.6. The zero-order valence-electron chi connectivity index (χ0n) is 21.9. The lowest BCUT2D eigenvalue weighted by molar-refractivity contribution is 0.0980. The molecule has 1 amide bonds. The minimum atomic E-state index is -3.70. The first kappa shape index (κ1) is 26.6. The van der Waals surface area contributed by atoms with Crippen LogP contribution in [0.1, 0.15) is 48.7 Å². The zero-order chi connectivity index (χ0) is 26.9. The van der Waals surface area contributed by atoms with Gasteiger partial charge in [-0.15, -0.1) is 0 Å². The van der Waals surface area contributed by atoms with Gasteiger partial charge in [0.05, 0.1) is 48.6 Å². The van der Waals surface area contributed by atoms with E-state index in [0.717, 1.165) is 31.6 Å². The molecule has 206 valence electrons. The molecule has 0 radical (unpaired) electrons. The van der Waals surface area contributed by atoms with Gasteiger partial charge in [-0.1, -0.05) is 0 Å². The smallest absolute Gasteiger partial charge is 0.258 e. The van der Waals surface area contributed by atoms with Gasteiger partial charge in [0, 0.05) is 31.4 Å². The number of morpholine rings is 1. The van der Waals surface area contributed by atoms with Crippen molar-refractivity contribution in [2.45, 2.75) is 45.6 Å². The summed E-state index contributed by atoms with van der Waals surface area (Å²) in [6.07, 6.45) is 4.63. The number of piperidine rings is 1. The van der Waals surface area contributed by atoms with Gasteiger partial charge in [0.2, 0.25) is 16.0 Å². The van der Waals surface area contributed by atoms with Gasteiger partial charge in [0.1, 0.15) is 5.82 Å². The average Bonchev–Trinajstić information content (AvgIpc) is 3.62. The highest BCUT2D eigenvalue weighted by atomic mass is 32.2. The van der Waals surface area contributed by atoms with Crippen molar-refractivity contribution in [3.63, 3.8) is 0 Å². The Morgan fingerprint density at radius 3 is 2.61 bits per heavy atom. The molecule has 5 rings (SSSR count). The largest absolute Gasteiger partial charge is 0.395 e. The third-order valence-electron chi connectivity index (χ3n) is 7.71. The third kappa shape index (κ3) is 6.02. The van der Waals surface area contributed by atoms with E-state index in [1.807, 2.05) is 6.92 Å². The van der Waals surface area contributed by atoms with Crippen molar-refractivity contribution < 1.29 is 23.1 Å². The topological polar surface area (TPSA) is 137 Å². The normalized spacial score (nSPS) is 20.9. The van der Waals surface area contributed by atoms with Gasteiger partial charge in [0.25, 0.3) is 5.91 Å². The minimum absolute atomic E-state index is 0.122. The number of sulfonamides is 1. The van der Waals surface area contributed by atoms with Crippen molar-refractivity contribution in [3.05, 3.63) is 35.5 Å². The molecule has 11 nitrogen and oxygen atoms in total. The fourth-order valence-corrected chi connectivity index (χ4v) is 6.08. The Morgan fingerprint density at radius 2 is 1.92 bits per heavy atom. The van der Waals surface area contributed by atoms with Gasteiger partial charge in [0.15, 0.2) is 0 Å². The van der Waals surface area contributed by atoms with Crippen molar-refractivity contribution in [1.29, 1.82) is 0 Å². The van der Waals surface area contributed by atoms with E-state index in [1.165, 1.54) is 12.8 Å². The van der Waals surface area contributed by atoms with Gasteiger partial charge in [-0.3, -0.25) is 9.52 Å². The van der Waals surface area contributed by atoms with E-state index in [4.69, 9.17) is 9.84 Å². The Balaban J connectivity index is 1.41. The van der Waals surface area contributed by atoms with E-state index in [2.05, 4.69) is 36.7 Å². The maximum Gasteiger partial charge on any atom is 0.258 e. The lowest BCUT2D eigenvalue weighted by Gasteiger charge is -2.35. The Kier molecular flexibility index (Phi) is 7.47. The lowest BCUT2D eigenvalue weighted by atomic mass is 9.93. The second-order valence-electron chi connectivity index (χ2n) is 10.6. The van der Waals surface area contributed by atoms with Crippen molar-refractivity contribution >= 4 is 39.1 Å². The molecule has 3 heterocycles. The highest BCUT2D eigenvalue weighted by molar-refractivity contribution is 7.92. The van der Waals surface area contributed by atoms with E-state index >= 15 is 0 Å². The summed E-state index contributed by atoms with van der Waals surface area (Å²) >= 11 is 0. The number of aromatic nitrogens is 2. The molecule has 1 aromatic heterocycles. The SMILES string of the molecule is Cc1cc(NC(=O)c2ccc(NS(=O)(=O)CCO)cc2N2CCC3(CC2)CC3)nc(N2CCOC[C@@H]2C)n1. The zero-order valence-corrected chi connectivity index (χ0v) is 22.8. The molecule has 3 fully saturated rings. The van der Waals surface area contributed by atoms with E-state index in [-0.39, 0.29) is 11.9 Å². The summed E-state index contributed by atoms with van der Waals surface area (Å²) in [5.74, 6) is 0.241. The number of hydrogen-bond donors (Lipinski definition) is 3. The van der Waals surface area contributed by atoms with Crippen molar-refractivity contribution in [3.8, 4) is 0 Å². The number of aliphatic hydroxyl groups excluding tert-OH is 1. The maximum atomic E-state index is 13.6. The van der Waals surface area contributed by atoms with Gasteiger partial charge in [-0.05, 0) is 63.1 Å². The van der Waals surface area contributed by atoms with Gasteiger partial charge < -0.3 is 25.0 Å². The minimum Gasteiger partial charge on any atom is -0.395 e. The summed E-state index contributed by atoms with van der Waals surface area (Å²) < 4.78 is 32.6. The fraction of sp³-hybridized carbons (Fsp3) is 0.577. The molecule has 1 aliphatic carbocycles. The number of aryl methyl sites for hydroxylation is 1. The van der Waals surface area contributed by atoms with Crippen LogP contribution in [0, 0.1) is 12.3 Å². The first-order chi connectivity index (χ1) is 18.2. The predicted octanol–water partition coefficient (Wildman–Crippen LogP) is 2.38. The van der Waals surface area contributed by atoms with E-state index in [0.29, 0.717) is 53.9 Å². The Morgan fingerprint density at radius 1 is 1.16 bits per heavy atom. The van der Waals surface area contributed by atoms with Gasteiger partial charge >= 0.3 is 0 Å². The van der Waals surface area contributed by atoms with Crippen LogP contribution in [0.25, 0.3) is 0 Å². The molecule has 1 atom stereocenters. The highest BCUT2D eigenvalue weighted by Crippen LogP contribution is 2.54. The number of carbonyl (C=O) groups excluding carboxylic acids is 1. The molecule has 12 heteroatoms. The predicted molar refractivity (Wildman–Crippen MR) is 146 cm³/mol. The highest BCUT2D eigenvalue weighted by Gasteiger charge is 2.44. The first-order valence-corrected chi connectivity index (χ1v) is 14.8. The molecular weight excluding hydrogens is 508 g/mol. The fourth-order valence-electron chi connectivity index (χ4n) is 5.25. The number of aliphatic hydroxyl groups is 1. The monoisotopic (exact) mass is 544 g/mol. The quantitative estimate of drug-likeness (QED) is 0.457. The summed E-state index contributed by atoms with van der Waals surface area (Å²) in [5.41, 5.74) is 2.67. The van der Waals surface area contributed by atoms with Crippen LogP contribution in [-0.2, 0) is 14.8 Å². The van der Waals surface area contributed by atoms with E-state index < -0.39 is 22.4 Å². The second kappa shape index (κ2) is 10.7. The summed E-state index contributed by atoms with van der Waals surface area (Å²) in [6.45, 7) is 6.92. The molecule has 2 saturated heterocycles. The van der Waals surface area contributed by atoms with Crippen LogP contribution in [0.15, 0.2) is 24.3 Å². The summed E-state index contributed by atoms with van der Waals surface area (Å²) in [5, 5.41) is 12.0. The molecule has 1 spiro atoms. The summed E-state index contributed by atoms with van der Waals surface area (Å²) in [4.78, 5) is 27.0. The number of benzene rings is 1. The molecule has 2 aliphatic heterocycles. The number of amides is 1. The molecule has 0 bridgehead atoms. The van der Waals surface area contributed by atoms with Crippen LogP contribution >= 0.6 is 0 Å². The van der Waals surface area contributed by atoms with Crippen molar-refractivity contribution in [2.75, 3.05) is 65.0 Å². The van der Waals surface area contributed by atoms with E-state index in [9.17, 15) is 13.2 Å². The number of rotatable bonds is 8. The number of ether oxygens (including phenoxy) is 1. The molecule has 38 heavy (non-hydrogen) atoms. The van der Waals surface area contributed by atoms with Crippen molar-refractivity contribution in [1.82, 2.24) is 9.97 Å². The van der Waals surface area contributed by atoms with Crippen LogP contribution < -0.4 is 19.8 Å². The van der Waals surface area contributed by atoms with Crippen LogP contribution in [0.4, 0.5) is 23.1 Å². The average molecular weight is 545 g/mol. The molecular formula is C26H36N6O5S. The number of anilines is 4. The van der Waals surface area contributed by atoms with E-state index in [1.54, 1.807) is 24.3 Å². The summed E-state index contributed by atoms with van der Waals surface area (Å²) in [7, 11) is -3.70. The van der Waals surface area contributed by atoms with Crippen molar-refractivity contribution in [2.24, 2.45) is 5.41 Å². The Hall–Kier alpha value is -2.96. The molecule has 2 aromatic rings. The number of hydrogen-bond acceptors (Lipinski definition) is 9. The van der Waals surface area contributed by atoms with Crippen LogP contribution in [-0.4, -0.2) is 80.6 Å². The molecule has 1 saturated carbocycles. The van der Waals surface area contributed by atoms with Gasteiger partial charge in [-0.2, -0.15) is 4.98 Å². The Labute approximate surface area is 223 Å². The molecule has 0 unspecified atom stereocenters. The number of carbonyl (C=O) groups is 1. The molecule has 3 N–H and O–H groups in total. The number of nitrogens with one attached hydrogen (secondary N) is 2. The van der Waals surface area contributed by atoms with Crippen LogP contribution in [0.2, 0.25) is 0 Å². The standard InChI is InChI=1S/C26H36N6O5S/c1-18-15-23(29-25(27-18)32-11-13-37-17-19(32)2)28-24(34)21-4-3-20(30-38(35,36)14-12-33)16-22(21)31-9-7-26(5-6-26)8-10-31/h3-4,15-16,19,30,33H,5-14,17H2,1-2H3,(H,27,28,29,34)/t19-/m0/s1. The molecule has 3 aliphatic rings.